The molecule has 2 N–H and O–H groups in total. The summed E-state index contributed by atoms with van der Waals surface area (Å²) in [5, 5.41) is 1.80. The Balaban J connectivity index is 2.32. The Kier molecular flexibility index (Phi) is 4.04. The standard InChI is InChI=1S/C15H13NO6S2/c17-23(18,19)8-10-4-5-11-7-16-14-3-1-2-12(9-24(20,21)22)15(14)13(11)6-10/h1-7H,8-9H2,(H,17,18,19)(H,20,21,22). The lowest BCUT2D eigenvalue weighted by molar-refractivity contribution is 0.480. The highest BCUT2D eigenvalue weighted by atomic mass is 32.2. The van der Waals surface area contributed by atoms with E-state index in [4.69, 9.17) is 9.11 Å². The van der Waals surface area contributed by atoms with Crippen molar-refractivity contribution in [3.8, 4) is 0 Å². The van der Waals surface area contributed by atoms with E-state index in [2.05, 4.69) is 4.98 Å². The molecule has 0 aliphatic rings. The number of benzene rings is 2. The SMILES string of the molecule is O=S(=O)(O)Cc1ccc2cnc3cccc(CS(=O)(=O)O)c3c2c1. The molecule has 3 rings (SSSR count). The van der Waals surface area contributed by atoms with E-state index >= 15 is 0 Å². The lowest BCUT2D eigenvalue weighted by Gasteiger charge is -2.09. The van der Waals surface area contributed by atoms with Crippen LogP contribution < -0.4 is 0 Å². The number of hydrogen-bond acceptors (Lipinski definition) is 5. The minimum absolute atomic E-state index is 0.358. The molecule has 24 heavy (non-hydrogen) atoms. The molecule has 0 radical (unpaired) electrons. The van der Waals surface area contributed by atoms with Gasteiger partial charge >= 0.3 is 0 Å². The second-order valence-corrected chi connectivity index (χ2v) is 8.35. The third-order valence-electron chi connectivity index (χ3n) is 3.55. The first-order valence-electron chi connectivity index (χ1n) is 6.82. The summed E-state index contributed by atoms with van der Waals surface area (Å²) in [6, 6.07) is 9.65. The van der Waals surface area contributed by atoms with Crippen LogP contribution in [0.15, 0.2) is 42.6 Å². The van der Waals surface area contributed by atoms with E-state index in [0.717, 1.165) is 0 Å². The van der Waals surface area contributed by atoms with Crippen LogP contribution in [0.3, 0.4) is 0 Å². The van der Waals surface area contributed by atoms with Gasteiger partial charge < -0.3 is 0 Å². The molecule has 0 bridgehead atoms. The van der Waals surface area contributed by atoms with Crippen LogP contribution in [0.1, 0.15) is 11.1 Å². The van der Waals surface area contributed by atoms with Crippen molar-refractivity contribution in [3.05, 3.63) is 53.7 Å². The summed E-state index contributed by atoms with van der Waals surface area (Å²) in [5.74, 6) is -1.12. The van der Waals surface area contributed by atoms with Gasteiger partial charge in [0.25, 0.3) is 20.2 Å². The summed E-state index contributed by atoms with van der Waals surface area (Å²) in [7, 11) is -8.43. The lowest BCUT2D eigenvalue weighted by Crippen LogP contribution is -2.03. The molecular formula is C15H13NO6S2. The number of fused-ring (bicyclic) bond motifs is 3. The summed E-state index contributed by atoms with van der Waals surface area (Å²) in [6.07, 6.45) is 1.59. The van der Waals surface area contributed by atoms with Crippen molar-refractivity contribution in [2.75, 3.05) is 0 Å². The van der Waals surface area contributed by atoms with Crippen molar-refractivity contribution >= 4 is 41.9 Å². The first kappa shape index (κ1) is 16.8. The minimum atomic E-state index is -4.24. The van der Waals surface area contributed by atoms with Crippen LogP contribution in [0.25, 0.3) is 21.7 Å². The average Bonchev–Trinajstić information content (AvgIpc) is 2.43. The van der Waals surface area contributed by atoms with Crippen LogP contribution in [0, 0.1) is 0 Å². The van der Waals surface area contributed by atoms with E-state index in [1.807, 2.05) is 0 Å². The van der Waals surface area contributed by atoms with Gasteiger partial charge in [-0.2, -0.15) is 16.8 Å². The monoisotopic (exact) mass is 367 g/mol. The quantitative estimate of drug-likeness (QED) is 0.535. The van der Waals surface area contributed by atoms with Crippen molar-refractivity contribution < 1.29 is 25.9 Å². The zero-order valence-electron chi connectivity index (χ0n) is 12.2. The number of nitrogens with zero attached hydrogens (tertiary/aromatic N) is 1. The Labute approximate surface area is 138 Å². The van der Waals surface area contributed by atoms with Crippen LogP contribution in [0.5, 0.6) is 0 Å². The molecule has 0 unspecified atom stereocenters. The molecular weight excluding hydrogens is 354 g/mol. The van der Waals surface area contributed by atoms with Crippen LogP contribution in [0.4, 0.5) is 0 Å². The molecule has 0 fully saturated rings. The molecule has 0 atom stereocenters. The van der Waals surface area contributed by atoms with Gasteiger partial charge in [0.2, 0.25) is 0 Å². The Bertz CT molecular complexity index is 1150. The van der Waals surface area contributed by atoms with Crippen LogP contribution in [-0.4, -0.2) is 30.9 Å². The molecule has 0 aliphatic carbocycles. The zero-order valence-corrected chi connectivity index (χ0v) is 13.9. The molecule has 3 aromatic rings. The summed E-state index contributed by atoms with van der Waals surface area (Å²) in [6.45, 7) is 0. The fourth-order valence-corrected chi connectivity index (χ4v) is 3.93. The van der Waals surface area contributed by atoms with Gasteiger partial charge in [0, 0.05) is 17.0 Å². The van der Waals surface area contributed by atoms with Crippen LogP contribution in [0.2, 0.25) is 0 Å². The zero-order chi connectivity index (χ0) is 17.5. The largest absolute Gasteiger partial charge is 0.285 e. The third kappa shape index (κ3) is 3.70. The molecule has 0 aliphatic heterocycles. The van der Waals surface area contributed by atoms with Crippen LogP contribution >= 0.6 is 0 Å². The number of rotatable bonds is 4. The molecule has 2 aromatic carbocycles. The molecule has 0 amide bonds. The molecule has 1 heterocycles. The molecule has 126 valence electrons. The highest BCUT2D eigenvalue weighted by Crippen LogP contribution is 2.29. The van der Waals surface area contributed by atoms with E-state index in [-0.39, 0.29) is 0 Å². The van der Waals surface area contributed by atoms with Gasteiger partial charge in [0.05, 0.1) is 5.52 Å². The maximum Gasteiger partial charge on any atom is 0.269 e. The third-order valence-corrected chi connectivity index (χ3v) is 4.92. The smallest absolute Gasteiger partial charge is 0.269 e. The number of hydrogen-bond donors (Lipinski definition) is 2. The first-order chi connectivity index (χ1) is 11.1. The Morgan fingerprint density at radius 1 is 0.917 bits per heavy atom. The van der Waals surface area contributed by atoms with Crippen molar-refractivity contribution in [2.24, 2.45) is 0 Å². The second kappa shape index (κ2) is 5.78. The Morgan fingerprint density at radius 3 is 2.29 bits per heavy atom. The fraction of sp³-hybridized carbons (Fsp3) is 0.133. The van der Waals surface area contributed by atoms with Gasteiger partial charge in [-0.15, -0.1) is 0 Å². The van der Waals surface area contributed by atoms with Gasteiger partial charge in [-0.05, 0) is 28.6 Å². The highest BCUT2D eigenvalue weighted by Gasteiger charge is 2.14. The molecule has 9 heteroatoms. The predicted octanol–water partition coefficient (Wildman–Crippen LogP) is 2.16. The summed E-state index contributed by atoms with van der Waals surface area (Å²) in [5.41, 5.74) is 1.24. The summed E-state index contributed by atoms with van der Waals surface area (Å²) >= 11 is 0. The van der Waals surface area contributed by atoms with E-state index in [1.165, 1.54) is 0 Å². The second-order valence-electron chi connectivity index (χ2n) is 5.44. The van der Waals surface area contributed by atoms with Gasteiger partial charge in [-0.25, -0.2) is 0 Å². The average molecular weight is 367 g/mol. The van der Waals surface area contributed by atoms with Crippen molar-refractivity contribution in [1.29, 1.82) is 0 Å². The molecule has 1 aromatic heterocycles. The summed E-state index contributed by atoms with van der Waals surface area (Å²) < 4.78 is 62.8. The Morgan fingerprint density at radius 2 is 1.62 bits per heavy atom. The maximum absolute atomic E-state index is 11.3. The number of pyridine rings is 1. The van der Waals surface area contributed by atoms with E-state index in [9.17, 15) is 16.8 Å². The normalized spacial score (nSPS) is 12.8. The van der Waals surface area contributed by atoms with Crippen molar-refractivity contribution in [3.63, 3.8) is 0 Å². The Hall–Kier alpha value is -2.07. The van der Waals surface area contributed by atoms with E-state index < -0.39 is 31.7 Å². The summed E-state index contributed by atoms with van der Waals surface area (Å²) in [4.78, 5) is 4.26. The fourth-order valence-electron chi connectivity index (χ4n) is 2.69. The molecule has 0 spiro atoms. The molecule has 0 saturated carbocycles. The lowest BCUT2D eigenvalue weighted by atomic mass is 10.0. The minimum Gasteiger partial charge on any atom is -0.285 e. The van der Waals surface area contributed by atoms with Gasteiger partial charge in [-0.1, -0.05) is 24.3 Å². The topological polar surface area (TPSA) is 122 Å². The number of aromatic nitrogens is 1. The van der Waals surface area contributed by atoms with Gasteiger partial charge in [0.15, 0.2) is 0 Å². The van der Waals surface area contributed by atoms with E-state index in [0.29, 0.717) is 32.8 Å². The predicted molar refractivity (Wildman–Crippen MR) is 89.8 cm³/mol. The maximum atomic E-state index is 11.3. The van der Waals surface area contributed by atoms with Crippen molar-refractivity contribution in [1.82, 2.24) is 4.98 Å². The van der Waals surface area contributed by atoms with Gasteiger partial charge in [0.1, 0.15) is 11.5 Å². The molecule has 7 nitrogen and oxygen atoms in total. The van der Waals surface area contributed by atoms with Crippen molar-refractivity contribution in [2.45, 2.75) is 11.5 Å². The van der Waals surface area contributed by atoms with Crippen LogP contribution in [-0.2, 0) is 31.7 Å². The van der Waals surface area contributed by atoms with E-state index in [1.54, 1.807) is 42.6 Å². The van der Waals surface area contributed by atoms with Gasteiger partial charge in [-0.3, -0.25) is 14.1 Å². The highest BCUT2D eigenvalue weighted by molar-refractivity contribution is 7.85. The first-order valence-corrected chi connectivity index (χ1v) is 10.0. The molecule has 0 saturated heterocycles.